The van der Waals surface area contributed by atoms with E-state index in [9.17, 15) is 0 Å². The number of thiocarbonyl (C=S) groups is 1. The van der Waals surface area contributed by atoms with Crippen LogP contribution in [0, 0.1) is 5.41 Å². The summed E-state index contributed by atoms with van der Waals surface area (Å²) >= 11 is 5.53. The first kappa shape index (κ1) is 15.2. The van der Waals surface area contributed by atoms with Crippen LogP contribution in [0.5, 0.6) is 0 Å². The molecule has 0 bridgehead atoms. The van der Waals surface area contributed by atoms with Crippen LogP contribution in [0.15, 0.2) is 24.3 Å². The molecule has 1 aromatic carbocycles. The fraction of sp³-hybridized carbons (Fsp3) is 0.562. The third-order valence-electron chi connectivity index (χ3n) is 3.20. The summed E-state index contributed by atoms with van der Waals surface area (Å²) in [7, 11) is 2.12. The minimum atomic E-state index is 0.0484. The molecule has 0 aliphatic rings. The molecule has 0 unspecified atom stereocenters. The quantitative estimate of drug-likeness (QED) is 0.563. The first-order valence-electron chi connectivity index (χ1n) is 6.42. The molecule has 0 saturated heterocycles. The van der Waals surface area contributed by atoms with Crippen molar-refractivity contribution in [1.29, 1.82) is 0 Å². The molecule has 0 aromatic heterocycles. The summed E-state index contributed by atoms with van der Waals surface area (Å²) in [6.07, 6.45) is 0. The molecule has 18 heavy (non-hydrogen) atoms. The van der Waals surface area contributed by atoms with Crippen molar-refractivity contribution >= 4 is 22.8 Å². The number of rotatable bonds is 2. The number of hydrogen-bond donors (Lipinski definition) is 0. The van der Waals surface area contributed by atoms with Crippen LogP contribution in [0.4, 0.5) is 5.69 Å². The molecule has 100 valence electrons. The molecule has 0 radical (unpaired) electrons. The average Bonchev–Trinajstić information content (AvgIpc) is 2.25. The lowest BCUT2D eigenvalue weighted by Crippen LogP contribution is -2.38. The van der Waals surface area contributed by atoms with Gasteiger partial charge in [-0.05, 0) is 43.9 Å². The van der Waals surface area contributed by atoms with Crippen molar-refractivity contribution < 1.29 is 0 Å². The van der Waals surface area contributed by atoms with Crippen molar-refractivity contribution in [2.45, 2.75) is 47.1 Å². The largest absolute Gasteiger partial charge is 0.370 e. The highest BCUT2D eigenvalue weighted by Crippen LogP contribution is 2.26. The van der Waals surface area contributed by atoms with Gasteiger partial charge >= 0.3 is 0 Å². The van der Waals surface area contributed by atoms with Gasteiger partial charge in [-0.3, -0.25) is 0 Å². The smallest absolute Gasteiger partial charge is 0.0368 e. The molecule has 0 aliphatic carbocycles. The molecule has 2 heteroatoms. The maximum Gasteiger partial charge on any atom is 0.0368 e. The van der Waals surface area contributed by atoms with E-state index in [0.29, 0.717) is 0 Å². The highest BCUT2D eigenvalue weighted by Gasteiger charge is 2.20. The van der Waals surface area contributed by atoms with Crippen LogP contribution in [0.25, 0.3) is 0 Å². The molecule has 0 aliphatic heterocycles. The number of anilines is 1. The molecule has 0 amide bonds. The van der Waals surface area contributed by atoms with E-state index in [4.69, 9.17) is 12.2 Å². The van der Waals surface area contributed by atoms with E-state index in [1.54, 1.807) is 0 Å². The van der Waals surface area contributed by atoms with Crippen molar-refractivity contribution in [2.24, 2.45) is 5.41 Å². The van der Waals surface area contributed by atoms with E-state index in [-0.39, 0.29) is 11.0 Å². The summed E-state index contributed by atoms with van der Waals surface area (Å²) in [4.78, 5) is 3.30. The Labute approximate surface area is 117 Å². The molecule has 1 rings (SSSR count). The maximum absolute atomic E-state index is 5.53. The zero-order chi connectivity index (χ0) is 14.1. The molecule has 0 saturated carbocycles. The summed E-state index contributed by atoms with van der Waals surface area (Å²) in [6.45, 7) is 13.1. The molecule has 0 heterocycles. The first-order valence-corrected chi connectivity index (χ1v) is 6.83. The van der Waals surface area contributed by atoms with Crippen LogP contribution in [0.1, 0.15) is 47.1 Å². The summed E-state index contributed by atoms with van der Waals surface area (Å²) < 4.78 is 0. The van der Waals surface area contributed by atoms with Crippen molar-refractivity contribution in [2.75, 3.05) is 11.9 Å². The minimum Gasteiger partial charge on any atom is -0.370 e. The average molecular weight is 263 g/mol. The van der Waals surface area contributed by atoms with Gasteiger partial charge in [0.15, 0.2) is 0 Å². The minimum absolute atomic E-state index is 0.0484. The predicted octanol–water partition coefficient (Wildman–Crippen LogP) is 4.69. The molecule has 1 aromatic rings. The van der Waals surface area contributed by atoms with Gasteiger partial charge in [0, 0.05) is 23.1 Å². The lowest BCUT2D eigenvalue weighted by molar-refractivity contribution is 0.539. The van der Waals surface area contributed by atoms with Crippen LogP contribution in [0.3, 0.4) is 0 Å². The number of hydrogen-bond acceptors (Lipinski definition) is 2. The van der Waals surface area contributed by atoms with Crippen LogP contribution in [-0.4, -0.2) is 17.5 Å². The van der Waals surface area contributed by atoms with E-state index < -0.39 is 0 Å². The number of nitrogens with zero attached hydrogens (tertiary/aromatic N) is 1. The van der Waals surface area contributed by atoms with Gasteiger partial charge in [-0.1, -0.05) is 45.1 Å². The van der Waals surface area contributed by atoms with Gasteiger partial charge in [0.2, 0.25) is 0 Å². The molecule has 0 atom stereocenters. The van der Waals surface area contributed by atoms with Crippen molar-refractivity contribution in [1.82, 2.24) is 0 Å². The van der Waals surface area contributed by atoms with E-state index in [1.807, 2.05) is 0 Å². The molecular formula is C16H25NS. The van der Waals surface area contributed by atoms with Crippen LogP contribution < -0.4 is 4.90 Å². The zero-order valence-corrected chi connectivity index (χ0v) is 13.5. The van der Waals surface area contributed by atoms with E-state index in [2.05, 4.69) is 77.8 Å². The van der Waals surface area contributed by atoms with Crippen molar-refractivity contribution in [3.8, 4) is 0 Å². The van der Waals surface area contributed by atoms with Gasteiger partial charge in [0.1, 0.15) is 0 Å². The molecule has 1 nitrogen and oxygen atoms in total. The molecule has 0 fully saturated rings. The Morgan fingerprint density at radius 3 is 1.72 bits per heavy atom. The van der Waals surface area contributed by atoms with Gasteiger partial charge in [0.05, 0.1) is 0 Å². The van der Waals surface area contributed by atoms with E-state index in [1.165, 1.54) is 5.69 Å². The SMILES string of the molecule is CN(c1ccc(C(=S)C(C)(C)C)cc1)C(C)(C)C. The second-order valence-electron chi connectivity index (χ2n) is 6.86. The summed E-state index contributed by atoms with van der Waals surface area (Å²) in [5.41, 5.74) is 2.56. The van der Waals surface area contributed by atoms with E-state index >= 15 is 0 Å². The second kappa shape index (κ2) is 5.00. The fourth-order valence-electron chi connectivity index (χ4n) is 1.66. The Balaban J connectivity index is 2.98. The summed E-state index contributed by atoms with van der Waals surface area (Å²) in [5, 5.41) is 0. The van der Waals surface area contributed by atoms with E-state index in [0.717, 1.165) is 10.4 Å². The fourth-order valence-corrected chi connectivity index (χ4v) is 1.79. The Kier molecular flexibility index (Phi) is 4.22. The van der Waals surface area contributed by atoms with Crippen LogP contribution >= 0.6 is 12.2 Å². The summed E-state index contributed by atoms with van der Waals surface area (Å²) in [5.74, 6) is 0. The molecule has 0 spiro atoms. The van der Waals surface area contributed by atoms with Crippen LogP contribution in [-0.2, 0) is 0 Å². The Morgan fingerprint density at radius 1 is 0.944 bits per heavy atom. The molecule has 0 N–H and O–H groups in total. The predicted molar refractivity (Wildman–Crippen MR) is 85.8 cm³/mol. The monoisotopic (exact) mass is 263 g/mol. The normalized spacial score (nSPS) is 12.4. The Bertz CT molecular complexity index is 418. The van der Waals surface area contributed by atoms with Gasteiger partial charge in [-0.25, -0.2) is 0 Å². The Morgan fingerprint density at radius 2 is 1.39 bits per heavy atom. The maximum atomic E-state index is 5.53. The van der Waals surface area contributed by atoms with Crippen LogP contribution in [0.2, 0.25) is 0 Å². The highest BCUT2D eigenvalue weighted by molar-refractivity contribution is 7.81. The third-order valence-corrected chi connectivity index (χ3v) is 4.05. The zero-order valence-electron chi connectivity index (χ0n) is 12.7. The van der Waals surface area contributed by atoms with Gasteiger partial charge in [-0.15, -0.1) is 0 Å². The topological polar surface area (TPSA) is 3.24 Å². The van der Waals surface area contributed by atoms with Gasteiger partial charge in [-0.2, -0.15) is 0 Å². The second-order valence-corrected chi connectivity index (χ2v) is 7.26. The molecular weight excluding hydrogens is 238 g/mol. The van der Waals surface area contributed by atoms with Crippen molar-refractivity contribution in [3.63, 3.8) is 0 Å². The Hall–Kier alpha value is -0.890. The summed E-state index contributed by atoms with van der Waals surface area (Å²) in [6, 6.07) is 8.56. The lowest BCUT2D eigenvalue weighted by atomic mass is 9.87. The third kappa shape index (κ3) is 3.55. The van der Waals surface area contributed by atoms with Gasteiger partial charge in [0.25, 0.3) is 0 Å². The standard InChI is InChI=1S/C16H25NS/c1-15(2,3)14(18)12-8-10-13(11-9-12)17(7)16(4,5)6/h8-11H,1-7H3. The van der Waals surface area contributed by atoms with Crippen molar-refractivity contribution in [3.05, 3.63) is 29.8 Å². The van der Waals surface area contributed by atoms with Gasteiger partial charge < -0.3 is 4.90 Å². The first-order chi connectivity index (χ1) is 8.03. The number of benzene rings is 1. The lowest BCUT2D eigenvalue weighted by Gasteiger charge is -2.34. The highest BCUT2D eigenvalue weighted by atomic mass is 32.1.